The van der Waals surface area contributed by atoms with E-state index in [-0.39, 0.29) is 22.4 Å². The van der Waals surface area contributed by atoms with E-state index in [9.17, 15) is 8.42 Å². The summed E-state index contributed by atoms with van der Waals surface area (Å²) in [6.45, 7) is 8.28. The maximum atomic E-state index is 13.0. The molecular weight excluding hydrogens is 388 g/mol. The van der Waals surface area contributed by atoms with Gasteiger partial charge < -0.3 is 9.30 Å². The number of methoxy groups -OCH3 is 1. The highest BCUT2D eigenvalue weighted by molar-refractivity contribution is 7.91. The van der Waals surface area contributed by atoms with Crippen molar-refractivity contribution in [2.75, 3.05) is 26.0 Å². The molecule has 160 valence electrons. The first kappa shape index (κ1) is 21.9. The van der Waals surface area contributed by atoms with Crippen molar-refractivity contribution in [1.29, 1.82) is 0 Å². The average Bonchev–Trinajstić information content (AvgIpc) is 3.26. The molecule has 0 saturated carbocycles. The molecule has 0 radical (unpaired) electrons. The van der Waals surface area contributed by atoms with Crippen LogP contribution < -0.4 is 0 Å². The Balaban J connectivity index is 1.88. The van der Waals surface area contributed by atoms with Crippen molar-refractivity contribution >= 4 is 9.84 Å². The van der Waals surface area contributed by atoms with Gasteiger partial charge in [0.15, 0.2) is 0 Å². The van der Waals surface area contributed by atoms with Crippen LogP contribution in [-0.4, -0.2) is 53.9 Å². The smallest absolute Gasteiger partial charge is 0.227 e. The second-order valence-electron chi connectivity index (χ2n) is 8.88. The maximum absolute atomic E-state index is 13.0. The molecule has 8 heteroatoms. The van der Waals surface area contributed by atoms with Crippen LogP contribution in [0.4, 0.5) is 0 Å². The second kappa shape index (κ2) is 8.93. The van der Waals surface area contributed by atoms with Gasteiger partial charge in [0.1, 0.15) is 0 Å². The largest absolute Gasteiger partial charge is 0.383 e. The molecule has 1 saturated heterocycles. The van der Waals surface area contributed by atoms with E-state index in [2.05, 4.69) is 20.9 Å². The Bertz CT molecular complexity index is 904. The fourth-order valence-corrected chi connectivity index (χ4v) is 5.98. The Labute approximate surface area is 174 Å². The van der Waals surface area contributed by atoms with Crippen molar-refractivity contribution in [2.45, 2.75) is 57.9 Å². The quantitative estimate of drug-likeness (QED) is 0.653. The molecule has 3 heterocycles. The van der Waals surface area contributed by atoms with E-state index in [0.717, 1.165) is 30.8 Å². The topological polar surface area (TPSA) is 77.3 Å². The third kappa shape index (κ3) is 5.43. The first-order chi connectivity index (χ1) is 13.7. The van der Waals surface area contributed by atoms with Gasteiger partial charge in [-0.05, 0) is 36.9 Å². The molecule has 1 fully saturated rings. The summed E-state index contributed by atoms with van der Waals surface area (Å²) in [6, 6.07) is 6.25. The van der Waals surface area contributed by atoms with Crippen LogP contribution in [0.25, 0.3) is 0 Å². The van der Waals surface area contributed by atoms with Crippen molar-refractivity contribution in [1.82, 2.24) is 19.4 Å². The van der Waals surface area contributed by atoms with Gasteiger partial charge in [0.05, 0.1) is 36.0 Å². The van der Waals surface area contributed by atoms with Gasteiger partial charge in [-0.1, -0.05) is 26.8 Å². The van der Waals surface area contributed by atoms with E-state index >= 15 is 0 Å². The molecule has 0 aromatic carbocycles. The summed E-state index contributed by atoms with van der Waals surface area (Å²) in [5, 5.41) is 0.146. The van der Waals surface area contributed by atoms with E-state index in [1.165, 1.54) is 0 Å². The number of nitrogens with zero attached hydrogens (tertiary/aromatic N) is 4. The van der Waals surface area contributed by atoms with Gasteiger partial charge in [0.2, 0.25) is 15.0 Å². The lowest BCUT2D eigenvalue weighted by Crippen LogP contribution is -2.27. The molecule has 2 aromatic heterocycles. The van der Waals surface area contributed by atoms with Crippen molar-refractivity contribution in [3.05, 3.63) is 42.0 Å². The Morgan fingerprint density at radius 3 is 2.69 bits per heavy atom. The highest BCUT2D eigenvalue weighted by Crippen LogP contribution is 2.32. The van der Waals surface area contributed by atoms with Crippen LogP contribution in [-0.2, 0) is 27.7 Å². The minimum atomic E-state index is -3.49. The van der Waals surface area contributed by atoms with Crippen molar-refractivity contribution < 1.29 is 13.2 Å². The highest BCUT2D eigenvalue weighted by atomic mass is 32.2. The number of ether oxygens (including phenoxy) is 1. The molecule has 1 atom stereocenters. The number of pyridine rings is 1. The van der Waals surface area contributed by atoms with Crippen LogP contribution in [0, 0.1) is 5.41 Å². The predicted octanol–water partition coefficient (Wildman–Crippen LogP) is 3.08. The molecule has 0 N–H and O–H groups in total. The zero-order chi connectivity index (χ0) is 21.1. The molecule has 1 aliphatic heterocycles. The summed E-state index contributed by atoms with van der Waals surface area (Å²) in [5.41, 5.74) is 1.63. The SMILES string of the molecule is COCCn1c(CN2CCCC2c2ccccn2)cnc1S(=O)(=O)CC(C)(C)C. The fraction of sp³-hybridized carbons (Fsp3) is 0.619. The van der Waals surface area contributed by atoms with Crippen LogP contribution in [0.3, 0.4) is 0 Å². The standard InChI is InChI=1S/C21H32N4O3S/c1-21(2,3)16-29(26,27)20-23-14-17(25(20)12-13-28-4)15-24-11-7-9-19(24)18-8-5-6-10-22-18/h5-6,8,10,14,19H,7,9,11-13,15-16H2,1-4H3. The van der Waals surface area contributed by atoms with E-state index < -0.39 is 9.84 Å². The van der Waals surface area contributed by atoms with Crippen molar-refractivity contribution in [3.63, 3.8) is 0 Å². The molecule has 29 heavy (non-hydrogen) atoms. The van der Waals surface area contributed by atoms with Gasteiger partial charge in [-0.25, -0.2) is 13.4 Å². The minimum Gasteiger partial charge on any atom is -0.383 e. The molecule has 0 bridgehead atoms. The number of hydrogen-bond donors (Lipinski definition) is 0. The van der Waals surface area contributed by atoms with E-state index in [4.69, 9.17) is 4.74 Å². The Kier molecular flexibility index (Phi) is 6.76. The third-order valence-corrected chi connectivity index (χ3v) is 7.21. The Morgan fingerprint density at radius 1 is 1.24 bits per heavy atom. The molecule has 1 unspecified atom stereocenters. The zero-order valence-electron chi connectivity index (χ0n) is 17.8. The molecule has 2 aromatic rings. The summed E-state index contributed by atoms with van der Waals surface area (Å²) in [6.07, 6.45) is 5.69. The van der Waals surface area contributed by atoms with Gasteiger partial charge in [-0.15, -0.1) is 0 Å². The summed E-state index contributed by atoms with van der Waals surface area (Å²) in [5.74, 6) is 0.0592. The van der Waals surface area contributed by atoms with E-state index in [1.807, 2.05) is 43.7 Å². The molecule has 1 aliphatic rings. The van der Waals surface area contributed by atoms with Crippen LogP contribution >= 0.6 is 0 Å². The number of sulfone groups is 1. The first-order valence-electron chi connectivity index (χ1n) is 10.1. The van der Waals surface area contributed by atoms with E-state index in [0.29, 0.717) is 19.7 Å². The van der Waals surface area contributed by atoms with Gasteiger partial charge >= 0.3 is 0 Å². The normalized spacial score (nSPS) is 18.4. The Morgan fingerprint density at radius 2 is 2.03 bits per heavy atom. The van der Waals surface area contributed by atoms with Crippen LogP contribution in [0.2, 0.25) is 0 Å². The number of aromatic nitrogens is 3. The number of likely N-dealkylation sites (tertiary alicyclic amines) is 1. The summed E-state index contributed by atoms with van der Waals surface area (Å²) in [4.78, 5) is 11.2. The molecule has 0 aliphatic carbocycles. The first-order valence-corrected chi connectivity index (χ1v) is 11.8. The third-order valence-electron chi connectivity index (χ3n) is 5.08. The van der Waals surface area contributed by atoms with Gasteiger partial charge in [-0.3, -0.25) is 9.88 Å². The Hall–Kier alpha value is -1.77. The van der Waals surface area contributed by atoms with Crippen molar-refractivity contribution in [3.8, 4) is 0 Å². The highest BCUT2D eigenvalue weighted by Gasteiger charge is 2.31. The number of rotatable bonds is 8. The summed E-state index contributed by atoms with van der Waals surface area (Å²) in [7, 11) is -1.87. The van der Waals surface area contributed by atoms with Gasteiger partial charge in [0, 0.05) is 26.4 Å². The molecule has 3 rings (SSSR count). The molecular formula is C21H32N4O3S. The molecule has 0 spiro atoms. The van der Waals surface area contributed by atoms with Crippen molar-refractivity contribution in [2.24, 2.45) is 5.41 Å². The van der Waals surface area contributed by atoms with Gasteiger partial charge in [-0.2, -0.15) is 0 Å². The fourth-order valence-electron chi connectivity index (χ4n) is 3.95. The lowest BCUT2D eigenvalue weighted by Gasteiger charge is -2.25. The van der Waals surface area contributed by atoms with Crippen LogP contribution in [0.1, 0.15) is 51.0 Å². The lowest BCUT2D eigenvalue weighted by molar-refractivity contribution is 0.180. The minimum absolute atomic E-state index is 0.0592. The van der Waals surface area contributed by atoms with E-state index in [1.54, 1.807) is 13.3 Å². The monoisotopic (exact) mass is 420 g/mol. The average molecular weight is 421 g/mol. The molecule has 7 nitrogen and oxygen atoms in total. The predicted molar refractivity (Wildman–Crippen MR) is 112 cm³/mol. The lowest BCUT2D eigenvalue weighted by atomic mass is 10.0. The number of imidazole rings is 1. The second-order valence-corrected chi connectivity index (χ2v) is 10.8. The van der Waals surface area contributed by atoms with Crippen LogP contribution in [0.5, 0.6) is 0 Å². The summed E-state index contributed by atoms with van der Waals surface area (Å²) < 4.78 is 33.1. The number of hydrogen-bond acceptors (Lipinski definition) is 6. The zero-order valence-corrected chi connectivity index (χ0v) is 18.7. The molecule has 0 amide bonds. The summed E-state index contributed by atoms with van der Waals surface area (Å²) >= 11 is 0. The van der Waals surface area contributed by atoms with Crippen LogP contribution in [0.15, 0.2) is 35.7 Å². The van der Waals surface area contributed by atoms with Gasteiger partial charge in [0.25, 0.3) is 0 Å². The maximum Gasteiger partial charge on any atom is 0.227 e.